The van der Waals surface area contributed by atoms with Crippen molar-refractivity contribution in [1.29, 1.82) is 0 Å². The van der Waals surface area contributed by atoms with Gasteiger partial charge < -0.3 is 5.11 Å². The van der Waals surface area contributed by atoms with Gasteiger partial charge in [0.25, 0.3) is 0 Å². The lowest BCUT2D eigenvalue weighted by atomic mass is 10.1. The van der Waals surface area contributed by atoms with Gasteiger partial charge in [-0.2, -0.15) is 0 Å². The first-order valence-corrected chi connectivity index (χ1v) is 7.02. The lowest BCUT2D eigenvalue weighted by Crippen LogP contribution is -2.07. The molecule has 3 rings (SSSR count). The third-order valence-electron chi connectivity index (χ3n) is 3.29. The number of aromatic carboxylic acids is 1. The Bertz CT molecular complexity index is 748. The van der Waals surface area contributed by atoms with Gasteiger partial charge in [0.2, 0.25) is 0 Å². The molecular formula is C14H9BrF2N2O2. The van der Waals surface area contributed by atoms with Crippen LogP contribution < -0.4 is 0 Å². The largest absolute Gasteiger partial charge is 0.478 e. The van der Waals surface area contributed by atoms with E-state index in [1.807, 2.05) is 0 Å². The summed E-state index contributed by atoms with van der Waals surface area (Å²) in [5.41, 5.74) is 0.789. The van der Waals surface area contributed by atoms with E-state index in [9.17, 15) is 13.6 Å². The molecular weight excluding hydrogens is 346 g/mol. The maximum atomic E-state index is 13.6. The van der Waals surface area contributed by atoms with Crippen LogP contribution in [-0.4, -0.2) is 21.0 Å². The fourth-order valence-corrected chi connectivity index (χ4v) is 2.56. The van der Waals surface area contributed by atoms with E-state index < -0.39 is 17.6 Å². The molecule has 1 N–H and O–H groups in total. The van der Waals surface area contributed by atoms with Crippen molar-refractivity contribution in [2.24, 2.45) is 0 Å². The molecule has 1 aliphatic carbocycles. The summed E-state index contributed by atoms with van der Waals surface area (Å²) in [6, 6.07) is 2.34. The maximum Gasteiger partial charge on any atom is 0.339 e. The number of hydrogen-bond acceptors (Lipinski definition) is 3. The molecule has 1 fully saturated rings. The van der Waals surface area contributed by atoms with Crippen LogP contribution in [0.1, 0.15) is 34.8 Å². The molecule has 1 aromatic carbocycles. The van der Waals surface area contributed by atoms with Crippen molar-refractivity contribution in [3.05, 3.63) is 45.7 Å². The second kappa shape index (κ2) is 5.14. The minimum Gasteiger partial charge on any atom is -0.478 e. The van der Waals surface area contributed by atoms with E-state index in [0.717, 1.165) is 18.9 Å². The van der Waals surface area contributed by atoms with Gasteiger partial charge in [-0.1, -0.05) is 0 Å². The second-order valence-corrected chi connectivity index (χ2v) is 5.59. The van der Waals surface area contributed by atoms with Crippen LogP contribution in [0.4, 0.5) is 8.78 Å². The molecule has 1 saturated carbocycles. The van der Waals surface area contributed by atoms with Crippen molar-refractivity contribution in [1.82, 2.24) is 9.97 Å². The van der Waals surface area contributed by atoms with E-state index in [2.05, 4.69) is 25.9 Å². The standard InChI is InChI=1S/C14H9BrF2N2O2/c15-10-7(3-4-9(16)11(10)17)13-18-5-8(14(20)21)12(19-13)6-1-2-6/h3-6H,1-2H2,(H,20,21). The molecule has 7 heteroatoms. The highest BCUT2D eigenvalue weighted by Crippen LogP contribution is 2.41. The highest BCUT2D eigenvalue weighted by molar-refractivity contribution is 9.10. The SMILES string of the molecule is O=C(O)c1cnc(-c2ccc(F)c(F)c2Br)nc1C1CC1. The van der Waals surface area contributed by atoms with Gasteiger partial charge in [0.1, 0.15) is 0 Å². The molecule has 0 bridgehead atoms. The monoisotopic (exact) mass is 354 g/mol. The molecule has 2 aromatic rings. The molecule has 0 aliphatic heterocycles. The summed E-state index contributed by atoms with van der Waals surface area (Å²) in [7, 11) is 0. The first kappa shape index (κ1) is 14.1. The van der Waals surface area contributed by atoms with Gasteiger partial charge >= 0.3 is 5.97 Å². The van der Waals surface area contributed by atoms with Crippen LogP contribution in [-0.2, 0) is 0 Å². The number of halogens is 3. The van der Waals surface area contributed by atoms with Gasteiger partial charge in [-0.05, 0) is 40.9 Å². The number of rotatable bonds is 3. The maximum absolute atomic E-state index is 13.6. The number of nitrogens with zero attached hydrogens (tertiary/aromatic N) is 2. The van der Waals surface area contributed by atoms with Crippen molar-refractivity contribution in [2.75, 3.05) is 0 Å². The number of benzene rings is 1. The minimum atomic E-state index is -1.09. The molecule has 0 unspecified atom stereocenters. The van der Waals surface area contributed by atoms with Crippen LogP contribution in [0.25, 0.3) is 11.4 Å². The van der Waals surface area contributed by atoms with Crippen LogP contribution in [0.2, 0.25) is 0 Å². The Balaban J connectivity index is 2.14. The fraction of sp³-hybridized carbons (Fsp3) is 0.214. The fourth-order valence-electron chi connectivity index (χ4n) is 2.06. The zero-order valence-electron chi connectivity index (χ0n) is 10.6. The number of aromatic nitrogens is 2. The van der Waals surface area contributed by atoms with Gasteiger partial charge in [-0.3, -0.25) is 0 Å². The number of carboxylic acid groups (broad SMARTS) is 1. The topological polar surface area (TPSA) is 63.1 Å². The molecule has 21 heavy (non-hydrogen) atoms. The van der Waals surface area contributed by atoms with E-state index in [1.165, 1.54) is 12.3 Å². The Morgan fingerprint density at radius 1 is 1.33 bits per heavy atom. The van der Waals surface area contributed by atoms with Crippen LogP contribution in [0.15, 0.2) is 22.8 Å². The molecule has 0 radical (unpaired) electrons. The Morgan fingerprint density at radius 2 is 2.05 bits per heavy atom. The zero-order valence-corrected chi connectivity index (χ0v) is 12.2. The third-order valence-corrected chi connectivity index (χ3v) is 4.06. The van der Waals surface area contributed by atoms with Gasteiger partial charge in [0.05, 0.1) is 15.7 Å². The third kappa shape index (κ3) is 2.53. The molecule has 0 atom stereocenters. The average Bonchev–Trinajstić information content (AvgIpc) is 3.29. The Hall–Kier alpha value is -1.89. The van der Waals surface area contributed by atoms with Crippen LogP contribution in [0.3, 0.4) is 0 Å². The number of carbonyl (C=O) groups is 1. The van der Waals surface area contributed by atoms with Crippen LogP contribution in [0.5, 0.6) is 0 Å². The van der Waals surface area contributed by atoms with Gasteiger partial charge in [-0.15, -0.1) is 0 Å². The van der Waals surface area contributed by atoms with Crippen molar-refractivity contribution in [3.8, 4) is 11.4 Å². The van der Waals surface area contributed by atoms with Crippen molar-refractivity contribution in [2.45, 2.75) is 18.8 Å². The normalized spacial score (nSPS) is 14.2. The predicted molar refractivity (Wildman–Crippen MR) is 74.0 cm³/mol. The Morgan fingerprint density at radius 3 is 2.67 bits per heavy atom. The van der Waals surface area contributed by atoms with E-state index in [0.29, 0.717) is 5.69 Å². The molecule has 1 aromatic heterocycles. The van der Waals surface area contributed by atoms with E-state index in [-0.39, 0.29) is 27.3 Å². The molecule has 108 valence electrons. The lowest BCUT2D eigenvalue weighted by Gasteiger charge is -2.08. The van der Waals surface area contributed by atoms with Crippen molar-refractivity contribution < 1.29 is 18.7 Å². The number of carboxylic acids is 1. The molecule has 1 heterocycles. The van der Waals surface area contributed by atoms with Crippen LogP contribution in [0, 0.1) is 11.6 Å². The molecule has 4 nitrogen and oxygen atoms in total. The Labute approximate surface area is 127 Å². The number of hydrogen-bond donors (Lipinski definition) is 1. The highest BCUT2D eigenvalue weighted by Gasteiger charge is 2.31. The smallest absolute Gasteiger partial charge is 0.339 e. The van der Waals surface area contributed by atoms with Gasteiger partial charge in [0.15, 0.2) is 17.5 Å². The zero-order chi connectivity index (χ0) is 15.1. The summed E-state index contributed by atoms with van der Waals surface area (Å²) in [5, 5.41) is 9.14. The molecule has 0 spiro atoms. The minimum absolute atomic E-state index is 0.0555. The second-order valence-electron chi connectivity index (χ2n) is 4.79. The lowest BCUT2D eigenvalue weighted by molar-refractivity contribution is 0.0694. The van der Waals surface area contributed by atoms with E-state index in [1.54, 1.807) is 0 Å². The first-order valence-electron chi connectivity index (χ1n) is 6.23. The molecule has 0 amide bonds. The summed E-state index contributed by atoms with van der Waals surface area (Å²) in [4.78, 5) is 19.4. The summed E-state index contributed by atoms with van der Waals surface area (Å²) >= 11 is 2.98. The van der Waals surface area contributed by atoms with Crippen LogP contribution >= 0.6 is 15.9 Å². The average molecular weight is 355 g/mol. The predicted octanol–water partition coefficient (Wildman–Crippen LogP) is 3.76. The van der Waals surface area contributed by atoms with Gasteiger partial charge in [-0.25, -0.2) is 23.5 Å². The molecule has 0 saturated heterocycles. The molecule has 1 aliphatic rings. The summed E-state index contributed by atoms with van der Waals surface area (Å²) < 4.78 is 26.6. The van der Waals surface area contributed by atoms with E-state index in [4.69, 9.17) is 5.11 Å². The van der Waals surface area contributed by atoms with E-state index >= 15 is 0 Å². The summed E-state index contributed by atoms with van der Waals surface area (Å²) in [5.74, 6) is -2.82. The first-order chi connectivity index (χ1) is 9.99. The summed E-state index contributed by atoms with van der Waals surface area (Å²) in [6.45, 7) is 0. The van der Waals surface area contributed by atoms with Crippen molar-refractivity contribution in [3.63, 3.8) is 0 Å². The summed E-state index contributed by atoms with van der Waals surface area (Å²) in [6.07, 6.45) is 2.96. The van der Waals surface area contributed by atoms with Crippen molar-refractivity contribution >= 4 is 21.9 Å². The van der Waals surface area contributed by atoms with Gasteiger partial charge in [0, 0.05) is 17.7 Å². The quantitative estimate of drug-likeness (QED) is 0.852. The Kier molecular flexibility index (Phi) is 3.44. The highest BCUT2D eigenvalue weighted by atomic mass is 79.9.